The van der Waals surface area contributed by atoms with Gasteiger partial charge in [-0.15, -0.1) is 5.10 Å². The first-order chi connectivity index (χ1) is 9.52. The number of benzene rings is 1. The predicted octanol–water partition coefficient (Wildman–Crippen LogP) is 3.70. The summed E-state index contributed by atoms with van der Waals surface area (Å²) in [7, 11) is 0. The maximum Gasteiger partial charge on any atom is 0.185 e. The molecule has 0 spiro atoms. The first-order valence-electron chi connectivity index (χ1n) is 6.28. The molecule has 4 nitrogen and oxygen atoms in total. The number of nitriles is 1. The standard InChI is InChI=1S/C14H14Cl2N4/c1-9(2)6-14-13(7-17)18-19-20(14)8-10-11(15)4-3-5-12(10)16/h3-5,9H,6,8H2,1-2H3. The van der Waals surface area contributed by atoms with Crippen LogP contribution in [0.4, 0.5) is 0 Å². The van der Waals surface area contributed by atoms with E-state index in [0.29, 0.717) is 28.2 Å². The molecule has 0 radical (unpaired) electrons. The van der Waals surface area contributed by atoms with Gasteiger partial charge in [0.1, 0.15) is 6.07 Å². The third-order valence-electron chi connectivity index (χ3n) is 2.91. The summed E-state index contributed by atoms with van der Waals surface area (Å²) in [4.78, 5) is 0. The number of hydrogen-bond donors (Lipinski definition) is 0. The van der Waals surface area contributed by atoms with Gasteiger partial charge in [-0.05, 0) is 24.5 Å². The molecule has 20 heavy (non-hydrogen) atoms. The summed E-state index contributed by atoms with van der Waals surface area (Å²) in [5, 5.41) is 18.2. The van der Waals surface area contributed by atoms with Crippen LogP contribution in [-0.4, -0.2) is 15.0 Å². The van der Waals surface area contributed by atoms with Crippen LogP contribution in [0, 0.1) is 17.2 Å². The monoisotopic (exact) mass is 308 g/mol. The van der Waals surface area contributed by atoms with E-state index in [0.717, 1.165) is 17.7 Å². The molecule has 0 aliphatic carbocycles. The second kappa shape index (κ2) is 6.25. The van der Waals surface area contributed by atoms with Crippen LogP contribution >= 0.6 is 23.2 Å². The van der Waals surface area contributed by atoms with Crippen LogP contribution in [0.25, 0.3) is 0 Å². The third kappa shape index (κ3) is 3.12. The zero-order valence-electron chi connectivity index (χ0n) is 11.3. The van der Waals surface area contributed by atoms with E-state index in [1.165, 1.54) is 0 Å². The van der Waals surface area contributed by atoms with Crippen molar-refractivity contribution in [1.82, 2.24) is 15.0 Å². The van der Waals surface area contributed by atoms with Crippen molar-refractivity contribution in [1.29, 1.82) is 5.26 Å². The molecule has 0 aliphatic heterocycles. The molecule has 2 rings (SSSR count). The molecule has 0 bridgehead atoms. The van der Waals surface area contributed by atoms with Crippen molar-refractivity contribution in [2.24, 2.45) is 5.92 Å². The Morgan fingerprint density at radius 2 is 1.95 bits per heavy atom. The van der Waals surface area contributed by atoms with Gasteiger partial charge in [-0.1, -0.05) is 48.3 Å². The van der Waals surface area contributed by atoms with Gasteiger partial charge in [-0.3, -0.25) is 0 Å². The van der Waals surface area contributed by atoms with Gasteiger partial charge in [0.25, 0.3) is 0 Å². The fraction of sp³-hybridized carbons (Fsp3) is 0.357. The first kappa shape index (κ1) is 14.8. The Labute approximate surface area is 127 Å². The van der Waals surface area contributed by atoms with Gasteiger partial charge in [0.15, 0.2) is 5.69 Å². The Bertz CT molecular complexity index is 635. The molecule has 1 aromatic heterocycles. The Hall–Kier alpha value is -1.57. The normalized spacial score (nSPS) is 10.8. The Kier molecular flexibility index (Phi) is 4.64. The molecule has 0 unspecified atom stereocenters. The number of rotatable bonds is 4. The van der Waals surface area contributed by atoms with Gasteiger partial charge in [-0.2, -0.15) is 5.26 Å². The summed E-state index contributed by atoms with van der Waals surface area (Å²) >= 11 is 12.3. The lowest BCUT2D eigenvalue weighted by Gasteiger charge is -2.11. The van der Waals surface area contributed by atoms with Crippen molar-refractivity contribution in [3.63, 3.8) is 0 Å². The van der Waals surface area contributed by atoms with Crippen molar-refractivity contribution in [3.05, 3.63) is 45.2 Å². The van der Waals surface area contributed by atoms with E-state index >= 15 is 0 Å². The lowest BCUT2D eigenvalue weighted by Crippen LogP contribution is -2.10. The van der Waals surface area contributed by atoms with Crippen molar-refractivity contribution in [2.45, 2.75) is 26.8 Å². The van der Waals surface area contributed by atoms with Crippen LogP contribution in [0.3, 0.4) is 0 Å². The maximum absolute atomic E-state index is 9.10. The quantitative estimate of drug-likeness (QED) is 0.865. The summed E-state index contributed by atoms with van der Waals surface area (Å²) in [6.07, 6.45) is 0.734. The van der Waals surface area contributed by atoms with E-state index in [2.05, 4.69) is 30.2 Å². The zero-order chi connectivity index (χ0) is 14.7. The highest BCUT2D eigenvalue weighted by atomic mass is 35.5. The summed E-state index contributed by atoms with van der Waals surface area (Å²) in [6, 6.07) is 7.44. The smallest absolute Gasteiger partial charge is 0.185 e. The predicted molar refractivity (Wildman–Crippen MR) is 78.8 cm³/mol. The highest BCUT2D eigenvalue weighted by molar-refractivity contribution is 6.35. The lowest BCUT2D eigenvalue weighted by molar-refractivity contribution is 0.564. The minimum Gasteiger partial charge on any atom is -0.243 e. The molecule has 1 heterocycles. The van der Waals surface area contributed by atoms with E-state index in [9.17, 15) is 0 Å². The molecule has 2 aromatic rings. The van der Waals surface area contributed by atoms with E-state index in [4.69, 9.17) is 28.5 Å². The van der Waals surface area contributed by atoms with Gasteiger partial charge in [0, 0.05) is 15.6 Å². The minimum absolute atomic E-state index is 0.363. The first-order valence-corrected chi connectivity index (χ1v) is 7.04. The topological polar surface area (TPSA) is 54.5 Å². The molecule has 0 atom stereocenters. The molecule has 104 valence electrons. The van der Waals surface area contributed by atoms with E-state index in [-0.39, 0.29) is 0 Å². The van der Waals surface area contributed by atoms with Crippen molar-refractivity contribution in [3.8, 4) is 6.07 Å². The molecule has 0 saturated heterocycles. The second-order valence-electron chi connectivity index (χ2n) is 4.95. The van der Waals surface area contributed by atoms with Crippen LogP contribution in [-0.2, 0) is 13.0 Å². The number of aromatic nitrogens is 3. The number of hydrogen-bond acceptors (Lipinski definition) is 3. The molecule has 0 saturated carbocycles. The van der Waals surface area contributed by atoms with Crippen molar-refractivity contribution >= 4 is 23.2 Å². The molecule has 1 aromatic carbocycles. The Morgan fingerprint density at radius 1 is 1.30 bits per heavy atom. The molecule has 0 N–H and O–H groups in total. The van der Waals surface area contributed by atoms with Gasteiger partial charge < -0.3 is 0 Å². The van der Waals surface area contributed by atoms with Crippen LogP contribution in [0.2, 0.25) is 10.0 Å². The van der Waals surface area contributed by atoms with Gasteiger partial charge in [0.05, 0.1) is 12.2 Å². The summed E-state index contributed by atoms with van der Waals surface area (Å²) in [6.45, 7) is 4.58. The van der Waals surface area contributed by atoms with Gasteiger partial charge in [-0.25, -0.2) is 4.68 Å². The second-order valence-corrected chi connectivity index (χ2v) is 5.77. The fourth-order valence-corrected chi connectivity index (χ4v) is 2.49. The largest absolute Gasteiger partial charge is 0.243 e. The van der Waals surface area contributed by atoms with E-state index in [1.54, 1.807) is 22.9 Å². The fourth-order valence-electron chi connectivity index (χ4n) is 1.97. The van der Waals surface area contributed by atoms with Crippen molar-refractivity contribution in [2.75, 3.05) is 0 Å². The van der Waals surface area contributed by atoms with E-state index in [1.807, 2.05) is 0 Å². The molecular formula is C14H14Cl2N4. The van der Waals surface area contributed by atoms with Crippen LogP contribution in [0.5, 0.6) is 0 Å². The Morgan fingerprint density at radius 3 is 2.50 bits per heavy atom. The summed E-state index contributed by atoms with van der Waals surface area (Å²) in [5.74, 6) is 0.404. The highest BCUT2D eigenvalue weighted by Gasteiger charge is 2.16. The van der Waals surface area contributed by atoms with Gasteiger partial charge in [0.2, 0.25) is 0 Å². The summed E-state index contributed by atoms with van der Waals surface area (Å²) < 4.78 is 1.70. The zero-order valence-corrected chi connectivity index (χ0v) is 12.8. The Balaban J connectivity index is 2.39. The summed E-state index contributed by atoms with van der Waals surface area (Å²) in [5.41, 5.74) is 1.97. The van der Waals surface area contributed by atoms with Crippen LogP contribution < -0.4 is 0 Å². The van der Waals surface area contributed by atoms with E-state index < -0.39 is 0 Å². The minimum atomic E-state index is 0.363. The molecule has 0 amide bonds. The molecule has 6 heteroatoms. The maximum atomic E-state index is 9.10. The number of halogens is 2. The number of nitrogens with zero attached hydrogens (tertiary/aromatic N) is 4. The third-order valence-corrected chi connectivity index (χ3v) is 3.62. The van der Waals surface area contributed by atoms with Crippen LogP contribution in [0.15, 0.2) is 18.2 Å². The van der Waals surface area contributed by atoms with Gasteiger partial charge >= 0.3 is 0 Å². The average Bonchev–Trinajstić information content (AvgIpc) is 2.75. The molecular weight excluding hydrogens is 295 g/mol. The molecule has 0 aliphatic rings. The van der Waals surface area contributed by atoms with Crippen molar-refractivity contribution < 1.29 is 0 Å². The highest BCUT2D eigenvalue weighted by Crippen LogP contribution is 2.25. The van der Waals surface area contributed by atoms with Crippen LogP contribution in [0.1, 0.15) is 30.8 Å². The SMILES string of the molecule is CC(C)Cc1c(C#N)nnn1Cc1c(Cl)cccc1Cl. The molecule has 0 fully saturated rings. The lowest BCUT2D eigenvalue weighted by atomic mass is 10.1. The average molecular weight is 309 g/mol.